The number of aromatic nitrogens is 8. The Balaban J connectivity index is 1.39. The lowest BCUT2D eigenvalue weighted by atomic mass is 10.0. The van der Waals surface area contributed by atoms with E-state index in [1.807, 2.05) is 0 Å². The first kappa shape index (κ1) is 35.9. The van der Waals surface area contributed by atoms with Gasteiger partial charge in [0.25, 0.3) is 0 Å². The van der Waals surface area contributed by atoms with Crippen LogP contribution in [0.2, 0.25) is 0 Å². The Bertz CT molecular complexity index is 2580. The Morgan fingerprint density at radius 2 is 0.661 bits per heavy atom. The number of hydrogen-bond acceptors (Lipinski definition) is 6. The lowest BCUT2D eigenvalue weighted by Gasteiger charge is -2.04. The van der Waals surface area contributed by atoms with Gasteiger partial charge in [0.15, 0.2) is 23.3 Å². The maximum atomic E-state index is 5.32. The maximum Gasteiger partial charge on any atom is 0.164 e. The van der Waals surface area contributed by atoms with E-state index in [4.69, 9.17) is 29.9 Å². The average Bonchev–Trinajstić information content (AvgIpc) is 3.95. The number of nitrogens with one attached hydrogen (secondary N) is 2. The third kappa shape index (κ3) is 6.76. The fourth-order valence-electron chi connectivity index (χ4n) is 8.13. The highest BCUT2D eigenvalue weighted by molar-refractivity contribution is 6.06. The molecule has 0 aliphatic carbocycles. The first-order valence-electron chi connectivity index (χ1n) is 20.9. The van der Waals surface area contributed by atoms with Crippen LogP contribution in [0.15, 0.2) is 72.8 Å². The summed E-state index contributed by atoms with van der Waals surface area (Å²) in [5.74, 6) is 2.59. The number of benzene rings is 4. The third-order valence-corrected chi connectivity index (χ3v) is 11.4. The Labute approximate surface area is 328 Å². The van der Waals surface area contributed by atoms with Crippen molar-refractivity contribution in [2.24, 2.45) is 0 Å². The van der Waals surface area contributed by atoms with Gasteiger partial charge in [0.2, 0.25) is 0 Å². The molecule has 0 spiro atoms. The van der Waals surface area contributed by atoms with Gasteiger partial charge in [-0.2, -0.15) is 0 Å². The number of nitrogens with zero attached hydrogens (tertiary/aromatic N) is 6. The summed E-state index contributed by atoms with van der Waals surface area (Å²) in [4.78, 5) is 38.9. The fourth-order valence-corrected chi connectivity index (χ4v) is 8.13. The van der Waals surface area contributed by atoms with E-state index in [1.54, 1.807) is 0 Å². The summed E-state index contributed by atoms with van der Waals surface area (Å²) in [5.41, 5.74) is 12.0. The zero-order chi connectivity index (χ0) is 38.2. The summed E-state index contributed by atoms with van der Waals surface area (Å²) in [6, 6.07) is 26.7. The van der Waals surface area contributed by atoms with E-state index in [-0.39, 0.29) is 0 Å². The van der Waals surface area contributed by atoms with Crippen molar-refractivity contribution in [3.8, 4) is 45.6 Å². The summed E-state index contributed by atoms with van der Waals surface area (Å²) in [6.07, 6.45) is 13.1. The maximum absolute atomic E-state index is 5.32. The molecule has 8 nitrogen and oxygen atoms in total. The first-order chi connectivity index (χ1) is 27.5. The smallest absolute Gasteiger partial charge is 0.164 e. The molecule has 3 aromatic heterocycles. The lowest BCUT2D eigenvalue weighted by molar-refractivity contribution is 0.795. The summed E-state index contributed by atoms with van der Waals surface area (Å²) < 4.78 is 0. The molecule has 2 aliphatic heterocycles. The SMILES string of the molecule is CCCCc1ccc2c(c1)-c1nc-2nc2[nH]c(nc3nc(nc4[nH]c(n1)c1ccc(CCCC)cc41)-c1ccc(CCCC)cc1-3)c1ccc(CCCC)cc21. The van der Waals surface area contributed by atoms with Crippen LogP contribution in [-0.2, 0) is 25.7 Å². The number of fused-ring (bicyclic) bond motifs is 20. The standard InChI is InChI=1S/C48H50N8/c1-5-9-13-29-17-21-33-37(25-29)45-49-41(33)54-46-39-27-31(15-11-7-3)19-23-35(39)43(51-46)56-48-40-28-32(16-12-8-4)20-24-36(40)44(52-48)55-47-38-26-30(14-10-6-2)18-22-34(38)42(50-47)53-45/h17-28H,5-16H2,1-4H3,(H2,49,50,51,52,53,54,55,56). The van der Waals surface area contributed by atoms with Crippen LogP contribution in [0.1, 0.15) is 101 Å². The number of rotatable bonds is 12. The van der Waals surface area contributed by atoms with Crippen molar-refractivity contribution in [2.45, 2.75) is 105 Å². The molecule has 282 valence electrons. The zero-order valence-electron chi connectivity index (χ0n) is 33.1. The van der Waals surface area contributed by atoms with Gasteiger partial charge in [0.05, 0.1) is 0 Å². The van der Waals surface area contributed by atoms with Gasteiger partial charge >= 0.3 is 0 Å². The van der Waals surface area contributed by atoms with Gasteiger partial charge in [-0.25, -0.2) is 29.9 Å². The number of hydrogen-bond donors (Lipinski definition) is 2. The van der Waals surface area contributed by atoms with E-state index in [0.29, 0.717) is 23.3 Å². The Morgan fingerprint density at radius 3 is 1.04 bits per heavy atom. The minimum atomic E-state index is 0.643. The molecule has 0 radical (unpaired) electrons. The van der Waals surface area contributed by atoms with Crippen LogP contribution in [0.5, 0.6) is 0 Å². The number of aryl methyl sites for hydroxylation is 4. The minimum absolute atomic E-state index is 0.643. The molecule has 8 bridgehead atoms. The van der Waals surface area contributed by atoms with Crippen LogP contribution < -0.4 is 0 Å². The van der Waals surface area contributed by atoms with E-state index in [0.717, 1.165) is 143 Å². The highest BCUT2D eigenvalue weighted by atomic mass is 15.1. The van der Waals surface area contributed by atoms with Gasteiger partial charge in [-0.1, -0.05) is 102 Å². The van der Waals surface area contributed by atoms with Crippen LogP contribution in [0.25, 0.3) is 89.7 Å². The molecular weight excluding hydrogens is 689 g/mol. The highest BCUT2D eigenvalue weighted by Crippen LogP contribution is 2.38. The molecule has 2 N–H and O–H groups in total. The average molecular weight is 739 g/mol. The van der Waals surface area contributed by atoms with Gasteiger partial charge in [-0.15, -0.1) is 0 Å². The van der Waals surface area contributed by atoms with Crippen molar-refractivity contribution in [1.29, 1.82) is 0 Å². The third-order valence-electron chi connectivity index (χ3n) is 11.4. The molecule has 0 unspecified atom stereocenters. The monoisotopic (exact) mass is 738 g/mol. The molecule has 0 amide bonds. The highest BCUT2D eigenvalue weighted by Gasteiger charge is 2.23. The molecule has 0 saturated heterocycles. The summed E-state index contributed by atoms with van der Waals surface area (Å²) in [7, 11) is 0. The second kappa shape index (κ2) is 15.4. The summed E-state index contributed by atoms with van der Waals surface area (Å²) >= 11 is 0. The molecule has 7 aromatic rings. The van der Waals surface area contributed by atoms with Crippen LogP contribution in [0, 0.1) is 0 Å². The van der Waals surface area contributed by atoms with Gasteiger partial charge in [0.1, 0.15) is 22.6 Å². The molecule has 0 saturated carbocycles. The molecule has 8 heteroatoms. The molecule has 4 aromatic carbocycles. The van der Waals surface area contributed by atoms with Crippen molar-refractivity contribution >= 4 is 44.1 Å². The van der Waals surface area contributed by atoms with E-state index in [1.165, 1.54) is 22.3 Å². The largest absolute Gasteiger partial charge is 0.324 e. The minimum Gasteiger partial charge on any atom is -0.324 e. The van der Waals surface area contributed by atoms with Gasteiger partial charge in [-0.3, -0.25) is 0 Å². The normalized spacial score (nSPS) is 12.1. The quantitative estimate of drug-likeness (QED) is 0.129. The topological polar surface area (TPSA) is 109 Å². The van der Waals surface area contributed by atoms with Crippen molar-refractivity contribution < 1.29 is 0 Å². The molecule has 0 atom stereocenters. The van der Waals surface area contributed by atoms with Crippen molar-refractivity contribution in [3.05, 3.63) is 95.1 Å². The van der Waals surface area contributed by atoms with Gasteiger partial charge in [0, 0.05) is 43.8 Å². The van der Waals surface area contributed by atoms with Crippen LogP contribution in [0.4, 0.5) is 0 Å². The molecular formula is C48H50N8. The Morgan fingerprint density at radius 1 is 0.339 bits per heavy atom. The number of aromatic amines is 2. The van der Waals surface area contributed by atoms with E-state index >= 15 is 0 Å². The molecule has 5 heterocycles. The predicted octanol–water partition coefficient (Wildman–Crippen LogP) is 12.2. The van der Waals surface area contributed by atoms with Crippen LogP contribution in [-0.4, -0.2) is 39.9 Å². The van der Waals surface area contributed by atoms with E-state index in [2.05, 4.69) is 110 Å². The second-order valence-electron chi connectivity index (χ2n) is 15.5. The molecule has 2 aliphatic rings. The number of H-pyrrole nitrogens is 2. The zero-order valence-corrected chi connectivity index (χ0v) is 33.1. The van der Waals surface area contributed by atoms with E-state index < -0.39 is 0 Å². The Hall–Kier alpha value is -5.76. The van der Waals surface area contributed by atoms with Gasteiger partial charge < -0.3 is 9.97 Å². The van der Waals surface area contributed by atoms with Crippen LogP contribution in [0.3, 0.4) is 0 Å². The van der Waals surface area contributed by atoms with Crippen LogP contribution >= 0.6 is 0 Å². The molecule has 9 rings (SSSR count). The van der Waals surface area contributed by atoms with Gasteiger partial charge in [-0.05, 0) is 97.9 Å². The molecule has 0 fully saturated rings. The molecule has 56 heavy (non-hydrogen) atoms. The lowest BCUT2D eigenvalue weighted by Crippen LogP contribution is -1.88. The predicted molar refractivity (Wildman–Crippen MR) is 231 cm³/mol. The Kier molecular flexibility index (Phi) is 9.88. The fraction of sp³-hybridized carbons (Fsp3) is 0.333. The summed E-state index contributed by atoms with van der Waals surface area (Å²) in [5, 5.41) is 4.07. The summed E-state index contributed by atoms with van der Waals surface area (Å²) in [6.45, 7) is 8.94. The van der Waals surface area contributed by atoms with Crippen molar-refractivity contribution in [2.75, 3.05) is 0 Å². The van der Waals surface area contributed by atoms with Crippen molar-refractivity contribution in [3.63, 3.8) is 0 Å². The van der Waals surface area contributed by atoms with Crippen molar-refractivity contribution in [1.82, 2.24) is 39.9 Å². The van der Waals surface area contributed by atoms with E-state index in [9.17, 15) is 0 Å². The second-order valence-corrected chi connectivity index (χ2v) is 15.5. The first-order valence-corrected chi connectivity index (χ1v) is 20.9. The number of unbranched alkanes of at least 4 members (excludes halogenated alkanes) is 4.